The van der Waals surface area contributed by atoms with Crippen molar-refractivity contribution in [2.75, 3.05) is 16.4 Å². The van der Waals surface area contributed by atoms with Crippen molar-refractivity contribution in [3.8, 4) is 11.5 Å². The number of carbonyl (C=O) groups is 4. The number of benzene rings is 3. The first-order chi connectivity index (χ1) is 21.2. The third-order valence-corrected chi connectivity index (χ3v) is 10.7. The quantitative estimate of drug-likeness (QED) is 0.204. The minimum absolute atomic E-state index is 0.0873. The van der Waals surface area contributed by atoms with E-state index >= 15 is 0 Å². The van der Waals surface area contributed by atoms with Crippen LogP contribution in [0.1, 0.15) is 38.2 Å². The van der Waals surface area contributed by atoms with Gasteiger partial charge in [-0.2, -0.15) is 0 Å². The summed E-state index contributed by atoms with van der Waals surface area (Å²) in [6, 6.07) is 21.3. The number of rotatable bonds is 5. The highest BCUT2D eigenvalue weighted by molar-refractivity contribution is 14.1. The Morgan fingerprint density at radius 3 is 2.27 bits per heavy atom. The third-order valence-electron chi connectivity index (χ3n) is 10.0. The predicted molar refractivity (Wildman–Crippen MR) is 172 cm³/mol. The fourth-order valence-electron chi connectivity index (χ4n) is 8.07. The molecule has 0 spiro atoms. The predicted octanol–water partition coefficient (Wildman–Crippen LogP) is 5.83. The Balaban J connectivity index is 1.38. The van der Waals surface area contributed by atoms with Crippen LogP contribution in [0.3, 0.4) is 0 Å². The lowest BCUT2D eigenvalue weighted by atomic mass is 9.51. The number of hydrogen-bond donors (Lipinski definition) is 1. The molecule has 1 N–H and O–H groups in total. The van der Waals surface area contributed by atoms with Gasteiger partial charge in [-0.1, -0.05) is 42.0 Å². The number of amides is 4. The van der Waals surface area contributed by atoms with E-state index < -0.39 is 35.0 Å². The number of hydrogen-bond acceptors (Lipinski definition) is 6. The molecule has 1 saturated carbocycles. The van der Waals surface area contributed by atoms with E-state index in [-0.39, 0.29) is 41.5 Å². The van der Waals surface area contributed by atoms with E-state index in [2.05, 4.69) is 22.6 Å². The number of imide groups is 2. The van der Waals surface area contributed by atoms with Crippen LogP contribution in [0.15, 0.2) is 84.4 Å². The monoisotopic (exact) mass is 702 g/mol. The first kappa shape index (κ1) is 28.8. The van der Waals surface area contributed by atoms with Gasteiger partial charge in [-0.15, -0.1) is 0 Å². The summed E-state index contributed by atoms with van der Waals surface area (Å²) in [5.74, 6) is -4.22. The number of aromatic hydroxyl groups is 1. The number of nitrogens with zero attached hydrogens (tertiary/aromatic N) is 2. The lowest BCUT2D eigenvalue weighted by molar-refractivity contribution is -0.131. The van der Waals surface area contributed by atoms with E-state index in [1.54, 1.807) is 61.5 Å². The number of carbonyl (C=O) groups excluding carboxylic acids is 4. The van der Waals surface area contributed by atoms with Crippen molar-refractivity contribution in [2.24, 2.45) is 29.1 Å². The summed E-state index contributed by atoms with van der Waals surface area (Å²) in [4.78, 5) is 59.2. The van der Waals surface area contributed by atoms with Gasteiger partial charge in [0.2, 0.25) is 23.6 Å². The van der Waals surface area contributed by atoms with E-state index in [9.17, 15) is 24.3 Å². The highest BCUT2D eigenvalue weighted by atomic mass is 127. The van der Waals surface area contributed by atoms with Crippen LogP contribution >= 0.6 is 22.6 Å². The molecule has 3 aromatic carbocycles. The largest absolute Gasteiger partial charge is 0.504 e. The van der Waals surface area contributed by atoms with Gasteiger partial charge in [0.1, 0.15) is 0 Å². The summed E-state index contributed by atoms with van der Waals surface area (Å²) in [6.45, 7) is 3.96. The fraction of sp³-hybridized carbons (Fsp3) is 0.314. The standard InChI is InChI=1S/C35H31IN2O6/c1-3-44-27-11-7-10-24(30(27)39)29-22-16-17-23-28(33(42)37(31(23)40)21-14-12-19(36)13-15-21)25(22)18-26-32(41)38(34(43)35(26,29)2)20-8-5-4-6-9-20/h4-16,23,25-26,28-29,39H,3,17-18H2,1-2H3. The van der Waals surface area contributed by atoms with Crippen molar-refractivity contribution in [1.82, 2.24) is 0 Å². The Kier molecular flexibility index (Phi) is 6.91. The maximum Gasteiger partial charge on any atom is 0.241 e. The number of para-hydroxylation sites is 2. The molecule has 9 heteroatoms. The molecule has 2 aliphatic heterocycles. The number of allylic oxidation sites excluding steroid dienone is 2. The molecule has 2 aliphatic carbocycles. The third kappa shape index (κ3) is 4.01. The van der Waals surface area contributed by atoms with Gasteiger partial charge < -0.3 is 9.84 Å². The van der Waals surface area contributed by atoms with Crippen LogP contribution < -0.4 is 14.5 Å². The Labute approximate surface area is 268 Å². The first-order valence-electron chi connectivity index (χ1n) is 14.9. The minimum Gasteiger partial charge on any atom is -0.504 e. The number of halogens is 1. The van der Waals surface area contributed by atoms with Gasteiger partial charge in [0.25, 0.3) is 0 Å². The molecule has 44 heavy (non-hydrogen) atoms. The second-order valence-corrected chi connectivity index (χ2v) is 13.4. The summed E-state index contributed by atoms with van der Waals surface area (Å²) in [7, 11) is 0. The molecular formula is C35H31IN2O6. The summed E-state index contributed by atoms with van der Waals surface area (Å²) in [5.41, 5.74) is 1.05. The molecule has 6 atom stereocenters. The van der Waals surface area contributed by atoms with Crippen LogP contribution in [0, 0.1) is 32.7 Å². The highest BCUT2D eigenvalue weighted by Crippen LogP contribution is 2.64. The van der Waals surface area contributed by atoms with Crippen molar-refractivity contribution in [3.05, 3.63) is 93.6 Å². The Hall–Kier alpha value is -3.99. The van der Waals surface area contributed by atoms with E-state index in [4.69, 9.17) is 4.74 Å². The lowest BCUT2D eigenvalue weighted by Gasteiger charge is -2.49. The van der Waals surface area contributed by atoms with Crippen LogP contribution in [-0.2, 0) is 19.2 Å². The van der Waals surface area contributed by atoms with Gasteiger partial charge in [-0.25, -0.2) is 4.90 Å². The molecule has 8 nitrogen and oxygen atoms in total. The molecule has 0 bridgehead atoms. The van der Waals surface area contributed by atoms with Crippen LogP contribution in [0.5, 0.6) is 11.5 Å². The van der Waals surface area contributed by atoms with Crippen molar-refractivity contribution in [3.63, 3.8) is 0 Å². The van der Waals surface area contributed by atoms with Crippen LogP contribution in [0.25, 0.3) is 0 Å². The summed E-state index contributed by atoms with van der Waals surface area (Å²) in [6.07, 6.45) is 2.56. The van der Waals surface area contributed by atoms with Crippen molar-refractivity contribution in [1.29, 1.82) is 0 Å². The molecule has 3 fully saturated rings. The van der Waals surface area contributed by atoms with Gasteiger partial charge >= 0.3 is 0 Å². The molecule has 224 valence electrons. The van der Waals surface area contributed by atoms with E-state index in [0.29, 0.717) is 30.0 Å². The molecule has 0 aromatic heterocycles. The molecule has 2 saturated heterocycles. The van der Waals surface area contributed by atoms with Crippen molar-refractivity contribution >= 4 is 57.6 Å². The van der Waals surface area contributed by atoms with Crippen LogP contribution in [0.4, 0.5) is 11.4 Å². The second-order valence-electron chi connectivity index (χ2n) is 12.1. The number of phenolic OH excluding ortho intramolecular Hbond substituents is 1. The van der Waals surface area contributed by atoms with E-state index in [1.165, 1.54) is 9.80 Å². The summed E-state index contributed by atoms with van der Waals surface area (Å²) in [5, 5.41) is 11.5. The number of anilines is 2. The zero-order valence-electron chi connectivity index (χ0n) is 24.3. The van der Waals surface area contributed by atoms with Crippen LogP contribution in [-0.4, -0.2) is 35.3 Å². The lowest BCUT2D eigenvalue weighted by Crippen LogP contribution is -2.48. The fourth-order valence-corrected chi connectivity index (χ4v) is 8.43. The van der Waals surface area contributed by atoms with Gasteiger partial charge in [-0.3, -0.25) is 24.1 Å². The molecule has 3 aromatic rings. The summed E-state index contributed by atoms with van der Waals surface area (Å²) >= 11 is 2.18. The number of phenols is 1. The first-order valence-corrected chi connectivity index (χ1v) is 16.0. The molecule has 4 amide bonds. The molecule has 2 heterocycles. The topological polar surface area (TPSA) is 104 Å². The van der Waals surface area contributed by atoms with Crippen molar-refractivity contribution < 1.29 is 29.0 Å². The summed E-state index contributed by atoms with van der Waals surface area (Å²) < 4.78 is 6.71. The average molecular weight is 703 g/mol. The number of fused-ring (bicyclic) bond motifs is 4. The zero-order valence-corrected chi connectivity index (χ0v) is 26.4. The smallest absolute Gasteiger partial charge is 0.241 e. The highest BCUT2D eigenvalue weighted by Gasteiger charge is 2.68. The van der Waals surface area contributed by atoms with Gasteiger partial charge in [0, 0.05) is 15.1 Å². The Morgan fingerprint density at radius 2 is 1.57 bits per heavy atom. The second kappa shape index (κ2) is 10.6. The van der Waals surface area contributed by atoms with Gasteiger partial charge in [-0.05, 0) is 97.7 Å². The maximum absolute atomic E-state index is 14.5. The maximum atomic E-state index is 14.5. The molecule has 7 rings (SSSR count). The Bertz CT molecular complexity index is 1740. The Morgan fingerprint density at radius 1 is 0.864 bits per heavy atom. The molecule has 0 radical (unpaired) electrons. The van der Waals surface area contributed by atoms with Crippen molar-refractivity contribution in [2.45, 2.75) is 32.6 Å². The zero-order chi connectivity index (χ0) is 30.9. The van der Waals surface area contributed by atoms with E-state index in [0.717, 1.165) is 9.14 Å². The molecule has 4 aliphatic rings. The minimum atomic E-state index is -1.24. The van der Waals surface area contributed by atoms with Gasteiger partial charge in [0.05, 0.1) is 41.2 Å². The number of ether oxygens (including phenoxy) is 1. The van der Waals surface area contributed by atoms with E-state index in [1.807, 2.05) is 31.2 Å². The normalized spacial score (nSPS) is 29.3. The van der Waals surface area contributed by atoms with Gasteiger partial charge in [0.15, 0.2) is 11.5 Å². The van der Waals surface area contributed by atoms with Crippen LogP contribution in [0.2, 0.25) is 0 Å². The molecule has 6 unspecified atom stereocenters. The molecular weight excluding hydrogens is 671 g/mol. The average Bonchev–Trinajstić information content (AvgIpc) is 3.39. The SMILES string of the molecule is CCOc1cccc(C2C3=CCC4C(=O)N(c5ccc(I)cc5)C(=O)C4C3CC3C(=O)N(c4ccccc4)C(=O)C32C)c1O.